The number of hydrogen-bond acceptors (Lipinski definition) is 6. The summed E-state index contributed by atoms with van der Waals surface area (Å²) in [5.41, 5.74) is 3.22. The summed E-state index contributed by atoms with van der Waals surface area (Å²) in [5.74, 6) is -0.0369. The van der Waals surface area contributed by atoms with Crippen LogP contribution in [0.15, 0.2) is 42.9 Å². The van der Waals surface area contributed by atoms with E-state index < -0.39 is 21.9 Å². The molecule has 3 aromatic heterocycles. The molecule has 0 spiro atoms. The predicted molar refractivity (Wildman–Crippen MR) is 135 cm³/mol. The fourth-order valence-corrected chi connectivity index (χ4v) is 5.29. The first-order valence-corrected chi connectivity index (χ1v) is 13.1. The molecule has 0 amide bonds. The molecule has 4 heterocycles. The standard InChI is InChI=1S/C25H27F3N6O3S/c1-16-11-18(13-30-24(16)19-7-9-33(10-8-19)38(36,37)32(3)4)12-22(35)21-15-31-34(17(21)2)23-6-5-20(14-29-23)25(26,27)28/h5-7,11,13-15H,8-10,12H2,1-4H3. The number of carbonyl (C=O) groups is 1. The molecule has 1 aliphatic heterocycles. The Balaban J connectivity index is 1.47. The molecule has 0 N–H and O–H groups in total. The van der Waals surface area contributed by atoms with Gasteiger partial charge in [-0.3, -0.25) is 9.78 Å². The van der Waals surface area contributed by atoms with Gasteiger partial charge in [-0.05, 0) is 49.1 Å². The summed E-state index contributed by atoms with van der Waals surface area (Å²) in [4.78, 5) is 21.4. The topological polar surface area (TPSA) is 101 Å². The molecule has 0 radical (unpaired) electrons. The molecule has 0 saturated heterocycles. The fraction of sp³-hybridized carbons (Fsp3) is 0.360. The summed E-state index contributed by atoms with van der Waals surface area (Å²) < 4.78 is 67.1. The lowest BCUT2D eigenvalue weighted by molar-refractivity contribution is -0.137. The SMILES string of the molecule is Cc1cc(CC(=O)c2cnn(-c3ccc(C(F)(F)F)cn3)c2C)cnc1C1=CCN(S(=O)(=O)N(C)C)CC1. The van der Waals surface area contributed by atoms with Crippen LogP contribution in [0.2, 0.25) is 0 Å². The van der Waals surface area contributed by atoms with Crippen LogP contribution in [0.25, 0.3) is 11.4 Å². The zero-order valence-electron chi connectivity index (χ0n) is 21.3. The van der Waals surface area contributed by atoms with Crippen molar-refractivity contribution in [3.05, 3.63) is 76.5 Å². The van der Waals surface area contributed by atoms with Crippen molar-refractivity contribution in [3.8, 4) is 5.82 Å². The molecular weight excluding hydrogens is 521 g/mol. The number of aromatic nitrogens is 4. The van der Waals surface area contributed by atoms with Crippen molar-refractivity contribution in [2.45, 2.75) is 32.9 Å². The largest absolute Gasteiger partial charge is 0.417 e. The van der Waals surface area contributed by atoms with Crippen molar-refractivity contribution in [1.29, 1.82) is 0 Å². The zero-order chi connectivity index (χ0) is 27.8. The van der Waals surface area contributed by atoms with E-state index >= 15 is 0 Å². The Labute approximate surface area is 218 Å². The highest BCUT2D eigenvalue weighted by atomic mass is 32.2. The Morgan fingerprint density at radius 2 is 1.84 bits per heavy atom. The molecule has 0 atom stereocenters. The second-order valence-electron chi connectivity index (χ2n) is 9.19. The number of ketones is 1. The molecule has 0 aliphatic carbocycles. The van der Waals surface area contributed by atoms with Gasteiger partial charge >= 0.3 is 6.18 Å². The average Bonchev–Trinajstić information content (AvgIpc) is 3.25. The monoisotopic (exact) mass is 548 g/mol. The van der Waals surface area contributed by atoms with E-state index in [-0.39, 0.29) is 24.6 Å². The van der Waals surface area contributed by atoms with Gasteiger partial charge in [-0.2, -0.15) is 35.3 Å². The van der Waals surface area contributed by atoms with E-state index in [4.69, 9.17) is 0 Å². The maximum atomic E-state index is 13.0. The first kappa shape index (κ1) is 27.6. The molecule has 9 nitrogen and oxygen atoms in total. The third kappa shape index (κ3) is 5.54. The molecule has 0 bridgehead atoms. The molecule has 1 aliphatic rings. The van der Waals surface area contributed by atoms with Crippen LogP contribution in [0.1, 0.15) is 44.9 Å². The van der Waals surface area contributed by atoms with Gasteiger partial charge in [0.2, 0.25) is 0 Å². The number of hydrogen-bond donors (Lipinski definition) is 0. The Morgan fingerprint density at radius 3 is 2.39 bits per heavy atom. The number of alkyl halides is 3. The highest BCUT2D eigenvalue weighted by Crippen LogP contribution is 2.29. The van der Waals surface area contributed by atoms with Gasteiger partial charge in [-0.1, -0.05) is 12.1 Å². The van der Waals surface area contributed by atoms with E-state index in [1.807, 2.05) is 19.1 Å². The second kappa shape index (κ2) is 10.4. The van der Waals surface area contributed by atoms with Gasteiger partial charge in [0.05, 0.1) is 28.7 Å². The number of Topliss-reactive ketones (excluding diaryl/α,β-unsaturated/α-hetero) is 1. The summed E-state index contributed by atoms with van der Waals surface area (Å²) >= 11 is 0. The highest BCUT2D eigenvalue weighted by molar-refractivity contribution is 7.86. The average molecular weight is 549 g/mol. The molecule has 38 heavy (non-hydrogen) atoms. The van der Waals surface area contributed by atoms with Gasteiger partial charge in [0.15, 0.2) is 11.6 Å². The van der Waals surface area contributed by atoms with Crippen LogP contribution >= 0.6 is 0 Å². The number of halogens is 3. The van der Waals surface area contributed by atoms with Gasteiger partial charge in [-0.15, -0.1) is 0 Å². The minimum Gasteiger partial charge on any atom is -0.294 e. The Hall–Kier alpha value is -3.42. The van der Waals surface area contributed by atoms with Gasteiger partial charge in [-0.25, -0.2) is 9.67 Å². The molecule has 4 rings (SSSR count). The highest BCUT2D eigenvalue weighted by Gasteiger charge is 2.31. The van der Waals surface area contributed by atoms with Crippen LogP contribution in [0.3, 0.4) is 0 Å². The maximum Gasteiger partial charge on any atom is 0.417 e. The second-order valence-corrected chi connectivity index (χ2v) is 11.3. The lowest BCUT2D eigenvalue weighted by Gasteiger charge is -2.28. The molecule has 13 heteroatoms. The van der Waals surface area contributed by atoms with E-state index in [1.165, 1.54) is 39.7 Å². The Bertz CT molecular complexity index is 1500. The van der Waals surface area contributed by atoms with Crippen molar-refractivity contribution in [2.75, 3.05) is 27.2 Å². The van der Waals surface area contributed by atoms with Crippen molar-refractivity contribution < 1.29 is 26.4 Å². The van der Waals surface area contributed by atoms with E-state index in [9.17, 15) is 26.4 Å². The van der Waals surface area contributed by atoms with E-state index in [0.29, 0.717) is 29.8 Å². The van der Waals surface area contributed by atoms with Gasteiger partial charge in [0.25, 0.3) is 10.2 Å². The zero-order valence-corrected chi connectivity index (χ0v) is 22.1. The molecule has 3 aromatic rings. The molecule has 0 aromatic carbocycles. The summed E-state index contributed by atoms with van der Waals surface area (Å²) in [6.07, 6.45) is 1.69. The van der Waals surface area contributed by atoms with Crippen molar-refractivity contribution in [3.63, 3.8) is 0 Å². The first-order valence-electron chi connectivity index (χ1n) is 11.7. The first-order chi connectivity index (χ1) is 17.8. The number of pyridine rings is 2. The molecule has 202 valence electrons. The van der Waals surface area contributed by atoms with Crippen LogP contribution in [0.5, 0.6) is 0 Å². The number of aryl methyl sites for hydroxylation is 1. The summed E-state index contributed by atoms with van der Waals surface area (Å²) in [6, 6.07) is 4.00. The molecule has 0 saturated carbocycles. The minimum atomic E-state index is -4.49. The van der Waals surface area contributed by atoms with E-state index in [1.54, 1.807) is 13.1 Å². The normalized spacial score (nSPS) is 15.1. The van der Waals surface area contributed by atoms with Crippen molar-refractivity contribution in [1.82, 2.24) is 28.4 Å². The van der Waals surface area contributed by atoms with Crippen LogP contribution < -0.4 is 0 Å². The van der Waals surface area contributed by atoms with Crippen molar-refractivity contribution >= 4 is 21.6 Å². The third-order valence-electron chi connectivity index (χ3n) is 6.37. The van der Waals surface area contributed by atoms with Gasteiger partial charge in [0, 0.05) is 46.0 Å². The Kier molecular flexibility index (Phi) is 7.55. The van der Waals surface area contributed by atoms with Crippen LogP contribution in [0, 0.1) is 13.8 Å². The smallest absolute Gasteiger partial charge is 0.294 e. The summed E-state index contributed by atoms with van der Waals surface area (Å²) in [5, 5.41) is 4.15. The van der Waals surface area contributed by atoms with Crippen LogP contribution in [-0.2, 0) is 22.8 Å². The number of carbonyl (C=O) groups excluding carboxylic acids is 1. The van der Waals surface area contributed by atoms with Gasteiger partial charge in [0.1, 0.15) is 0 Å². The fourth-order valence-electron chi connectivity index (χ4n) is 4.25. The number of rotatable bonds is 7. The summed E-state index contributed by atoms with van der Waals surface area (Å²) in [6.45, 7) is 4.15. The molecule has 0 fully saturated rings. The Morgan fingerprint density at radius 1 is 1.11 bits per heavy atom. The minimum absolute atomic E-state index is 0.0645. The molecule has 0 unspecified atom stereocenters. The van der Waals surface area contributed by atoms with Gasteiger partial charge < -0.3 is 0 Å². The van der Waals surface area contributed by atoms with Crippen LogP contribution in [-0.4, -0.2) is 69.7 Å². The lowest BCUT2D eigenvalue weighted by atomic mass is 9.98. The summed E-state index contributed by atoms with van der Waals surface area (Å²) in [7, 11) is -0.485. The molecular formula is C25H27F3N6O3S. The third-order valence-corrected chi connectivity index (χ3v) is 8.27. The van der Waals surface area contributed by atoms with Crippen LogP contribution in [0.4, 0.5) is 13.2 Å². The predicted octanol–water partition coefficient (Wildman–Crippen LogP) is 3.62. The van der Waals surface area contributed by atoms with E-state index in [0.717, 1.165) is 29.1 Å². The quantitative estimate of drug-likeness (QED) is 0.418. The van der Waals surface area contributed by atoms with Crippen molar-refractivity contribution in [2.24, 2.45) is 0 Å². The number of nitrogens with zero attached hydrogens (tertiary/aromatic N) is 6. The lowest BCUT2D eigenvalue weighted by Crippen LogP contribution is -2.42. The van der Waals surface area contributed by atoms with E-state index in [2.05, 4.69) is 15.1 Å². The maximum absolute atomic E-state index is 13.0.